The molecule has 3 rings (SSSR count). The lowest BCUT2D eigenvalue weighted by Gasteiger charge is -2.38. The average Bonchev–Trinajstić information content (AvgIpc) is 2.80. The van der Waals surface area contributed by atoms with Gasteiger partial charge in [-0.25, -0.2) is 21.1 Å². The van der Waals surface area contributed by atoms with Crippen molar-refractivity contribution in [2.75, 3.05) is 37.7 Å². The lowest BCUT2D eigenvalue weighted by atomic mass is 9.99. The number of rotatable bonds is 8. The second-order valence-electron chi connectivity index (χ2n) is 8.91. The Morgan fingerprint density at radius 1 is 1.19 bits per heavy atom. The summed E-state index contributed by atoms with van der Waals surface area (Å²) in [6.45, 7) is 3.37. The van der Waals surface area contributed by atoms with E-state index in [0.717, 1.165) is 10.6 Å². The lowest BCUT2D eigenvalue weighted by Crippen LogP contribution is -2.50. The fraction of sp³-hybridized carbons (Fsp3) is 0.435. The number of likely N-dealkylation sites (N-methyl/N-ethyl adjacent to an activating group) is 1. The predicted octanol–water partition coefficient (Wildman–Crippen LogP) is 2.25. The van der Waals surface area contributed by atoms with E-state index in [0.29, 0.717) is 5.02 Å². The maximum Gasteiger partial charge on any atom is 0.262 e. The summed E-state index contributed by atoms with van der Waals surface area (Å²) in [5.41, 5.74) is 0.110. The summed E-state index contributed by atoms with van der Waals surface area (Å²) in [6, 6.07) is 9.53. The number of aliphatic hydroxyl groups excluding tert-OH is 1. The summed E-state index contributed by atoms with van der Waals surface area (Å²) in [6.07, 6.45) is 0.343. The lowest BCUT2D eigenvalue weighted by molar-refractivity contribution is 0.0389. The van der Waals surface area contributed by atoms with Crippen LogP contribution >= 0.6 is 11.6 Å². The first-order chi connectivity index (χ1) is 16.7. The Labute approximate surface area is 216 Å². The number of halogens is 1. The van der Waals surface area contributed by atoms with Crippen molar-refractivity contribution in [1.29, 1.82) is 0 Å². The zero-order chi connectivity index (χ0) is 26.8. The fourth-order valence-electron chi connectivity index (χ4n) is 3.75. The van der Waals surface area contributed by atoms with Crippen LogP contribution in [-0.4, -0.2) is 82.2 Å². The highest BCUT2D eigenvalue weighted by molar-refractivity contribution is 7.92. The highest BCUT2D eigenvalue weighted by atomic mass is 35.5. The number of aliphatic hydroxyl groups is 1. The van der Waals surface area contributed by atoms with Gasteiger partial charge in [0.1, 0.15) is 6.10 Å². The molecule has 198 valence electrons. The van der Waals surface area contributed by atoms with Gasteiger partial charge in [-0.15, -0.1) is 0 Å². The summed E-state index contributed by atoms with van der Waals surface area (Å²) < 4.78 is 60.2. The van der Waals surface area contributed by atoms with Gasteiger partial charge in [-0.3, -0.25) is 9.52 Å². The molecule has 0 saturated carbocycles. The number of nitrogens with zero attached hydrogens (tertiary/aromatic N) is 2. The van der Waals surface area contributed by atoms with Crippen LogP contribution in [0.3, 0.4) is 0 Å². The van der Waals surface area contributed by atoms with E-state index in [2.05, 4.69) is 4.72 Å². The molecule has 10 nitrogen and oxygen atoms in total. The van der Waals surface area contributed by atoms with Crippen molar-refractivity contribution in [3.63, 3.8) is 0 Å². The van der Waals surface area contributed by atoms with Crippen LogP contribution in [0.4, 0.5) is 5.69 Å². The maximum absolute atomic E-state index is 13.5. The first kappa shape index (κ1) is 28.2. The van der Waals surface area contributed by atoms with Crippen molar-refractivity contribution in [1.82, 2.24) is 9.21 Å². The second kappa shape index (κ2) is 10.9. The number of carbonyl (C=O) groups excluding carboxylic acids is 1. The van der Waals surface area contributed by atoms with Crippen LogP contribution in [0.25, 0.3) is 0 Å². The van der Waals surface area contributed by atoms with Crippen LogP contribution < -0.4 is 9.46 Å². The minimum atomic E-state index is -4.07. The van der Waals surface area contributed by atoms with Crippen molar-refractivity contribution in [3.8, 4) is 5.75 Å². The van der Waals surface area contributed by atoms with E-state index < -0.39 is 38.1 Å². The van der Waals surface area contributed by atoms with Crippen LogP contribution in [0.1, 0.15) is 24.2 Å². The normalized spacial score (nSPS) is 19.8. The number of benzene rings is 2. The molecule has 2 aromatic carbocycles. The largest absolute Gasteiger partial charge is 0.486 e. The minimum absolute atomic E-state index is 0.0198. The third-order valence-electron chi connectivity index (χ3n) is 6.06. The molecule has 0 fully saturated rings. The quantitative estimate of drug-likeness (QED) is 0.506. The van der Waals surface area contributed by atoms with Crippen molar-refractivity contribution in [2.24, 2.45) is 5.92 Å². The molecule has 0 radical (unpaired) electrons. The number of nitrogens with one attached hydrogen (secondary N) is 1. The first-order valence-electron chi connectivity index (χ1n) is 11.2. The number of hydrogen-bond donors (Lipinski definition) is 2. The van der Waals surface area contributed by atoms with Gasteiger partial charge in [0.2, 0.25) is 10.0 Å². The Hall–Kier alpha value is -2.38. The van der Waals surface area contributed by atoms with E-state index >= 15 is 0 Å². The van der Waals surface area contributed by atoms with Gasteiger partial charge in [0.25, 0.3) is 15.9 Å². The molecule has 1 aliphatic rings. The summed E-state index contributed by atoms with van der Waals surface area (Å²) >= 11 is 5.88. The van der Waals surface area contributed by atoms with Gasteiger partial charge in [-0.1, -0.05) is 24.6 Å². The highest BCUT2D eigenvalue weighted by Crippen LogP contribution is 2.36. The molecule has 0 unspecified atom stereocenters. The van der Waals surface area contributed by atoms with Crippen molar-refractivity contribution in [2.45, 2.75) is 30.9 Å². The topological polar surface area (TPSA) is 133 Å². The molecule has 2 aromatic rings. The molecule has 13 heteroatoms. The monoisotopic (exact) mass is 559 g/mol. The Morgan fingerprint density at radius 3 is 2.42 bits per heavy atom. The standard InChI is InChI=1S/C23H30ClN3O7S2/c1-15-12-27(16(2)14-28)23(29)19-6-5-7-20(22(19)34-21(15)13-26(3)35(4,30)31)25-36(32,33)18-10-8-17(24)9-11-18/h5-11,15-16,21,25,28H,12-14H2,1-4H3/t15-,16+,21-/m1/s1. The molecule has 0 aliphatic carbocycles. The van der Waals surface area contributed by atoms with Gasteiger partial charge < -0.3 is 14.7 Å². The molecule has 0 bridgehead atoms. The number of hydrogen-bond acceptors (Lipinski definition) is 7. The molecule has 1 heterocycles. The van der Waals surface area contributed by atoms with E-state index in [1.54, 1.807) is 13.8 Å². The third kappa shape index (κ3) is 6.30. The molecule has 1 amide bonds. The van der Waals surface area contributed by atoms with E-state index in [1.165, 1.54) is 54.4 Å². The predicted molar refractivity (Wildman–Crippen MR) is 137 cm³/mol. The SMILES string of the molecule is C[C@@H]1CN([C@@H](C)CO)C(=O)c2cccc(NS(=O)(=O)c3ccc(Cl)cc3)c2O[C@@H]1CN(C)S(C)(=O)=O. The summed E-state index contributed by atoms with van der Waals surface area (Å²) in [7, 11) is -6.19. The Morgan fingerprint density at radius 2 is 1.83 bits per heavy atom. The first-order valence-corrected chi connectivity index (χ1v) is 14.9. The molecular weight excluding hydrogens is 530 g/mol. The van der Waals surface area contributed by atoms with Crippen LogP contribution in [0.5, 0.6) is 5.75 Å². The molecule has 0 spiro atoms. The zero-order valence-electron chi connectivity index (χ0n) is 20.4. The van der Waals surface area contributed by atoms with Gasteiger partial charge >= 0.3 is 0 Å². The van der Waals surface area contributed by atoms with Crippen LogP contribution in [0, 0.1) is 5.92 Å². The maximum atomic E-state index is 13.5. The Balaban J connectivity index is 2.11. The number of amides is 1. The van der Waals surface area contributed by atoms with E-state index in [4.69, 9.17) is 16.3 Å². The van der Waals surface area contributed by atoms with E-state index in [-0.39, 0.29) is 47.5 Å². The summed E-state index contributed by atoms with van der Waals surface area (Å²) in [5, 5.41) is 10.1. The minimum Gasteiger partial charge on any atom is -0.486 e. The highest BCUT2D eigenvalue weighted by Gasteiger charge is 2.35. The summed E-state index contributed by atoms with van der Waals surface area (Å²) in [4.78, 5) is 14.9. The Bertz CT molecular complexity index is 1320. The van der Waals surface area contributed by atoms with Gasteiger partial charge in [-0.05, 0) is 43.3 Å². The molecule has 2 N–H and O–H groups in total. The number of fused-ring (bicyclic) bond motifs is 1. The smallest absolute Gasteiger partial charge is 0.262 e. The fourth-order valence-corrected chi connectivity index (χ4v) is 5.35. The number of anilines is 1. The molecule has 0 saturated heterocycles. The van der Waals surface area contributed by atoms with Crippen LogP contribution in [0.2, 0.25) is 5.02 Å². The van der Waals surface area contributed by atoms with Crippen LogP contribution in [0.15, 0.2) is 47.4 Å². The molecule has 1 aliphatic heterocycles. The van der Waals surface area contributed by atoms with Crippen molar-refractivity contribution >= 4 is 43.2 Å². The van der Waals surface area contributed by atoms with Gasteiger partial charge in [-0.2, -0.15) is 0 Å². The third-order valence-corrected chi connectivity index (χ3v) is 8.98. The van der Waals surface area contributed by atoms with Crippen LogP contribution in [-0.2, 0) is 20.0 Å². The van der Waals surface area contributed by atoms with Gasteiger partial charge in [0.05, 0.1) is 41.6 Å². The van der Waals surface area contributed by atoms with Crippen molar-refractivity contribution < 1.29 is 31.5 Å². The van der Waals surface area contributed by atoms with E-state index in [1.807, 2.05) is 0 Å². The van der Waals surface area contributed by atoms with Gasteiger partial charge in [0, 0.05) is 24.5 Å². The number of para-hydroxylation sites is 1. The molecule has 0 aromatic heterocycles. The molecular formula is C23H30ClN3O7S2. The Kier molecular flexibility index (Phi) is 8.56. The van der Waals surface area contributed by atoms with E-state index in [9.17, 15) is 26.7 Å². The van der Waals surface area contributed by atoms with Crippen molar-refractivity contribution in [3.05, 3.63) is 53.1 Å². The number of carbonyl (C=O) groups is 1. The van der Waals surface area contributed by atoms with Gasteiger partial charge in [0.15, 0.2) is 5.75 Å². The number of ether oxygens (including phenoxy) is 1. The second-order valence-corrected chi connectivity index (χ2v) is 13.1. The zero-order valence-corrected chi connectivity index (χ0v) is 22.8. The average molecular weight is 560 g/mol. The summed E-state index contributed by atoms with van der Waals surface area (Å²) in [5.74, 6) is -0.823. The number of sulfonamides is 2. The molecule has 3 atom stereocenters. The molecule has 36 heavy (non-hydrogen) atoms.